The SMILES string of the molecule is CCc1cc(C)c(SOOO)c(CC)c1Nc1nc(N(c2nc3ccc(C)cc3s2)c2c(CC)cc(C)c(C)c2CC)cc(C)c1N=Nc1c(C#N)c(C)nn1-c1nc2cc(C)ccc2s1. The molecule has 8 aromatic rings. The molecule has 2 N–H and O–H groups in total. The molecule has 4 aromatic carbocycles. The molecule has 0 atom stereocenters. The van der Waals surface area contributed by atoms with Crippen LogP contribution in [-0.2, 0) is 35.1 Å². The fourth-order valence-corrected chi connectivity index (χ4v) is 11.1. The van der Waals surface area contributed by atoms with Gasteiger partial charge in [-0.3, -0.25) is 4.90 Å². The number of nitriles is 1. The van der Waals surface area contributed by atoms with Gasteiger partial charge in [-0.1, -0.05) is 79.7 Å². The Hall–Kier alpha value is -6.06. The van der Waals surface area contributed by atoms with Crippen molar-refractivity contribution < 1.29 is 14.6 Å². The van der Waals surface area contributed by atoms with E-state index < -0.39 is 0 Å². The predicted octanol–water partition coefficient (Wildman–Crippen LogP) is 14.8. The van der Waals surface area contributed by atoms with Crippen molar-refractivity contribution in [2.75, 3.05) is 10.2 Å². The van der Waals surface area contributed by atoms with Crippen LogP contribution < -0.4 is 10.2 Å². The van der Waals surface area contributed by atoms with Gasteiger partial charge < -0.3 is 5.32 Å². The second-order valence-corrected chi connectivity index (χ2v) is 19.1. The number of pyridine rings is 1. The van der Waals surface area contributed by atoms with Gasteiger partial charge in [-0.25, -0.2) is 20.2 Å². The van der Waals surface area contributed by atoms with Crippen LogP contribution in [0.2, 0.25) is 0 Å². The van der Waals surface area contributed by atoms with Gasteiger partial charge in [0.05, 0.1) is 43.9 Å². The van der Waals surface area contributed by atoms with Crippen LogP contribution in [0.15, 0.2) is 69.7 Å². The summed E-state index contributed by atoms with van der Waals surface area (Å²) in [6.45, 7) is 22.9. The Labute approximate surface area is 397 Å². The summed E-state index contributed by atoms with van der Waals surface area (Å²) in [4.78, 5) is 18.7. The Balaban J connectivity index is 1.40. The highest BCUT2D eigenvalue weighted by Gasteiger charge is 2.28. The molecule has 0 unspecified atom stereocenters. The summed E-state index contributed by atoms with van der Waals surface area (Å²) in [5, 5.41) is 43.5. The number of thiazole rings is 2. The van der Waals surface area contributed by atoms with E-state index in [1.165, 1.54) is 33.6 Å². The van der Waals surface area contributed by atoms with Crippen molar-refractivity contribution in [3.8, 4) is 11.2 Å². The molecule has 0 amide bonds. The van der Waals surface area contributed by atoms with Crippen molar-refractivity contribution >= 4 is 94.8 Å². The van der Waals surface area contributed by atoms with Crippen molar-refractivity contribution in [1.82, 2.24) is 24.7 Å². The minimum absolute atomic E-state index is 0.264. The van der Waals surface area contributed by atoms with Gasteiger partial charge in [0, 0.05) is 10.6 Å². The molecule has 4 aromatic heterocycles. The Bertz CT molecular complexity index is 3240. The van der Waals surface area contributed by atoms with Crippen LogP contribution in [0.5, 0.6) is 0 Å². The largest absolute Gasteiger partial charge is 0.338 e. The zero-order chi connectivity index (χ0) is 47.0. The highest BCUT2D eigenvalue weighted by molar-refractivity contribution is 7.94. The van der Waals surface area contributed by atoms with Gasteiger partial charge in [0.1, 0.15) is 23.1 Å². The number of nitrogens with zero attached hydrogens (tertiary/aromatic N) is 9. The van der Waals surface area contributed by atoms with E-state index in [2.05, 4.69) is 106 Å². The van der Waals surface area contributed by atoms with Crippen molar-refractivity contribution in [1.29, 1.82) is 5.26 Å². The number of hydrogen-bond donors (Lipinski definition) is 2. The average molecular weight is 937 g/mol. The summed E-state index contributed by atoms with van der Waals surface area (Å²) < 4.78 is 8.71. The molecule has 0 aliphatic rings. The van der Waals surface area contributed by atoms with Gasteiger partial charge >= 0.3 is 0 Å². The molecule has 0 saturated carbocycles. The van der Waals surface area contributed by atoms with E-state index in [-0.39, 0.29) is 5.82 Å². The molecule has 66 heavy (non-hydrogen) atoms. The Morgan fingerprint density at radius 1 is 0.773 bits per heavy atom. The molecule has 0 spiro atoms. The van der Waals surface area contributed by atoms with E-state index in [4.69, 9.17) is 34.6 Å². The number of fused-ring (bicyclic) bond motifs is 2. The third-order valence-electron chi connectivity index (χ3n) is 12.0. The number of hydrogen-bond acceptors (Lipinski definition) is 15. The topological polar surface area (TPSA) is 159 Å². The first-order chi connectivity index (χ1) is 31.8. The molecule has 0 bridgehead atoms. The summed E-state index contributed by atoms with van der Waals surface area (Å²) in [6.07, 6.45) is 2.93. The minimum atomic E-state index is 0.264. The Kier molecular flexibility index (Phi) is 13.7. The Morgan fingerprint density at radius 3 is 2.21 bits per heavy atom. The first kappa shape index (κ1) is 46.5. The third kappa shape index (κ3) is 8.70. The van der Waals surface area contributed by atoms with E-state index in [9.17, 15) is 10.5 Å². The summed E-state index contributed by atoms with van der Waals surface area (Å²) in [7, 11) is 0. The number of aryl methyl sites for hydroxylation is 8. The van der Waals surface area contributed by atoms with Crippen molar-refractivity contribution in [2.24, 2.45) is 10.2 Å². The van der Waals surface area contributed by atoms with E-state index in [0.29, 0.717) is 46.6 Å². The van der Waals surface area contributed by atoms with Crippen LogP contribution in [0.25, 0.3) is 25.6 Å². The maximum atomic E-state index is 10.5. The second kappa shape index (κ2) is 19.4. The van der Waals surface area contributed by atoms with Gasteiger partial charge in [0.2, 0.25) is 5.13 Å². The molecular formula is C50H52N10O3S3. The standard InChI is InChI=1S/C50H52N10O3S3/c1-12-33-23-30(9)46(66-63-62-61)36(15-4)44(33)55-47-43(56-57-48-37(25-51)32(11)58-60(48)50-53-39-20-26(5)17-19-40(39)64-50)29(8)24-42(54-47)59(49-52-38-18-16-27(6)21-41(38)65-49)45-34(13-2)22-28(7)31(10)35(45)14-3/h16-24,61H,12-15H2,1-11H3,(H,54,55). The Morgan fingerprint density at radius 2 is 1.50 bits per heavy atom. The highest BCUT2D eigenvalue weighted by atomic mass is 32.2. The molecule has 13 nitrogen and oxygen atoms in total. The van der Waals surface area contributed by atoms with Gasteiger partial charge in [0.15, 0.2) is 16.8 Å². The maximum Gasteiger partial charge on any atom is 0.213 e. The van der Waals surface area contributed by atoms with Crippen LogP contribution in [0.4, 0.5) is 39.6 Å². The minimum Gasteiger partial charge on any atom is -0.338 e. The van der Waals surface area contributed by atoms with E-state index in [1.807, 2.05) is 39.0 Å². The number of rotatable bonds is 15. The zero-order valence-corrected chi connectivity index (χ0v) is 41.5. The summed E-state index contributed by atoms with van der Waals surface area (Å²) in [5.74, 6) is 1.35. The number of benzene rings is 4. The molecule has 0 aliphatic heterocycles. The maximum absolute atomic E-state index is 10.5. The lowest BCUT2D eigenvalue weighted by molar-refractivity contribution is -0.432. The normalized spacial score (nSPS) is 11.7. The van der Waals surface area contributed by atoms with E-state index in [1.54, 1.807) is 22.9 Å². The molecule has 0 aliphatic carbocycles. The van der Waals surface area contributed by atoms with Gasteiger partial charge in [-0.05, 0) is 160 Å². The number of azo groups is 1. The van der Waals surface area contributed by atoms with Crippen LogP contribution in [0, 0.1) is 59.8 Å². The highest BCUT2D eigenvalue weighted by Crippen LogP contribution is 2.47. The van der Waals surface area contributed by atoms with Crippen molar-refractivity contribution in [3.63, 3.8) is 0 Å². The molecule has 0 saturated heterocycles. The van der Waals surface area contributed by atoms with Crippen LogP contribution in [-0.4, -0.2) is 30.0 Å². The summed E-state index contributed by atoms with van der Waals surface area (Å²) >= 11 is 4.05. The van der Waals surface area contributed by atoms with Crippen LogP contribution in [0.3, 0.4) is 0 Å². The molecule has 0 radical (unpaired) electrons. The number of anilines is 5. The number of aromatic nitrogens is 5. The van der Waals surface area contributed by atoms with Crippen LogP contribution in [0.1, 0.15) is 94.6 Å². The van der Waals surface area contributed by atoms with E-state index in [0.717, 1.165) is 100 Å². The summed E-state index contributed by atoms with van der Waals surface area (Å²) in [5.41, 5.74) is 15.8. The molecule has 338 valence electrons. The first-order valence-electron chi connectivity index (χ1n) is 22.0. The molecule has 8 rings (SSSR count). The quantitative estimate of drug-likeness (QED) is 0.0436. The fraction of sp³-hybridized carbons (Fsp3) is 0.300. The lowest BCUT2D eigenvalue weighted by atomic mass is 9.93. The van der Waals surface area contributed by atoms with Crippen molar-refractivity contribution in [2.45, 2.75) is 107 Å². The van der Waals surface area contributed by atoms with Gasteiger partial charge in [0.25, 0.3) is 0 Å². The fourth-order valence-electron chi connectivity index (χ4n) is 8.51. The molecular weight excluding hydrogens is 885 g/mol. The lowest BCUT2D eigenvalue weighted by Crippen LogP contribution is -2.18. The van der Waals surface area contributed by atoms with E-state index >= 15 is 0 Å². The van der Waals surface area contributed by atoms with Gasteiger partial charge in [-0.2, -0.15) is 15.0 Å². The smallest absolute Gasteiger partial charge is 0.213 e. The predicted molar refractivity (Wildman–Crippen MR) is 269 cm³/mol. The monoisotopic (exact) mass is 936 g/mol. The van der Waals surface area contributed by atoms with Crippen LogP contribution >= 0.6 is 34.7 Å². The third-order valence-corrected chi connectivity index (χ3v) is 14.9. The second-order valence-electron chi connectivity index (χ2n) is 16.4. The molecule has 0 fully saturated rings. The first-order valence-corrected chi connectivity index (χ1v) is 24.4. The molecule has 4 heterocycles. The lowest BCUT2D eigenvalue weighted by Gasteiger charge is -2.29. The summed E-state index contributed by atoms with van der Waals surface area (Å²) in [6, 6.07) is 21.2. The average Bonchev–Trinajstić information content (AvgIpc) is 4.01. The molecule has 16 heteroatoms. The zero-order valence-electron chi connectivity index (χ0n) is 39.0. The van der Waals surface area contributed by atoms with Crippen molar-refractivity contribution in [3.05, 3.63) is 121 Å². The van der Waals surface area contributed by atoms with Gasteiger partial charge in [-0.15, -0.1) is 14.6 Å². The number of nitrogens with one attached hydrogen (secondary N) is 1.